The second-order valence-electron chi connectivity index (χ2n) is 4.96. The van der Waals surface area contributed by atoms with Crippen LogP contribution in [-0.2, 0) is 0 Å². The molecule has 1 aliphatic rings. The van der Waals surface area contributed by atoms with Crippen LogP contribution in [0.4, 0.5) is 0 Å². The summed E-state index contributed by atoms with van der Waals surface area (Å²) >= 11 is 6.28. The van der Waals surface area contributed by atoms with Crippen molar-refractivity contribution in [1.82, 2.24) is 0 Å². The van der Waals surface area contributed by atoms with Crippen molar-refractivity contribution in [3.8, 4) is 16.9 Å². The minimum atomic E-state index is -0.376. The minimum absolute atomic E-state index is 0.0431. The zero-order valence-corrected chi connectivity index (χ0v) is 12.0. The third kappa shape index (κ3) is 2.20. The van der Waals surface area contributed by atoms with E-state index in [-0.39, 0.29) is 11.9 Å². The normalized spacial score (nSPS) is 16.9. The molecule has 3 rings (SSSR count). The van der Waals surface area contributed by atoms with Gasteiger partial charge in [0, 0.05) is 0 Å². The van der Waals surface area contributed by atoms with Crippen LogP contribution >= 0.6 is 11.6 Å². The highest BCUT2D eigenvalue weighted by Crippen LogP contribution is 2.40. The van der Waals surface area contributed by atoms with Gasteiger partial charge >= 0.3 is 0 Å². The maximum atomic E-state index is 12.3. The maximum absolute atomic E-state index is 12.3. The molecule has 0 bridgehead atoms. The first kappa shape index (κ1) is 13.2. The zero-order chi connectivity index (χ0) is 14.1. The van der Waals surface area contributed by atoms with E-state index in [1.165, 1.54) is 0 Å². The van der Waals surface area contributed by atoms with Crippen LogP contribution in [0, 0.1) is 0 Å². The van der Waals surface area contributed by atoms with Crippen LogP contribution in [0.3, 0.4) is 0 Å². The summed E-state index contributed by atoms with van der Waals surface area (Å²) in [5.74, 6) is 0.580. The van der Waals surface area contributed by atoms with Gasteiger partial charge in [0.15, 0.2) is 6.10 Å². The van der Waals surface area contributed by atoms with Crippen molar-refractivity contribution in [2.45, 2.75) is 25.9 Å². The number of Topliss-reactive ketones (excluding diaryl/α,β-unsaturated/α-hetero) is 1. The van der Waals surface area contributed by atoms with Crippen molar-refractivity contribution in [2.24, 2.45) is 0 Å². The first-order chi connectivity index (χ1) is 9.70. The minimum Gasteiger partial charge on any atom is -0.480 e. The Kier molecular flexibility index (Phi) is 3.49. The molecule has 0 aromatic heterocycles. The van der Waals surface area contributed by atoms with Gasteiger partial charge in [-0.3, -0.25) is 4.79 Å². The summed E-state index contributed by atoms with van der Waals surface area (Å²) in [5, 5.41) is 0.508. The van der Waals surface area contributed by atoms with Gasteiger partial charge < -0.3 is 4.74 Å². The molecule has 0 aliphatic carbocycles. The number of carbonyl (C=O) groups is 1. The largest absolute Gasteiger partial charge is 0.480 e. The smallest absolute Gasteiger partial charge is 0.207 e. The number of hydrogen-bond donors (Lipinski definition) is 0. The number of ketones is 1. The molecular formula is C17H15ClO2. The lowest BCUT2D eigenvalue weighted by atomic mass is 9.99. The van der Waals surface area contributed by atoms with E-state index in [0.29, 0.717) is 16.3 Å². The van der Waals surface area contributed by atoms with Gasteiger partial charge in [0.1, 0.15) is 5.75 Å². The Bertz CT molecular complexity index is 650. The number of benzene rings is 2. The number of carbonyl (C=O) groups excluding carboxylic acids is 1. The summed E-state index contributed by atoms with van der Waals surface area (Å²) in [7, 11) is 0. The molecule has 0 saturated carbocycles. The Balaban J connectivity index is 2.05. The number of ether oxygens (including phenoxy) is 1. The predicted molar refractivity (Wildman–Crippen MR) is 80.5 cm³/mol. The van der Waals surface area contributed by atoms with Crippen LogP contribution in [0.25, 0.3) is 11.1 Å². The van der Waals surface area contributed by atoms with Crippen LogP contribution < -0.4 is 4.74 Å². The zero-order valence-electron chi connectivity index (χ0n) is 11.2. The van der Waals surface area contributed by atoms with Crippen molar-refractivity contribution >= 4 is 17.4 Å². The molecule has 0 radical (unpaired) electrons. The van der Waals surface area contributed by atoms with Crippen molar-refractivity contribution in [3.05, 3.63) is 53.1 Å². The van der Waals surface area contributed by atoms with Crippen molar-refractivity contribution in [2.75, 3.05) is 0 Å². The Labute approximate surface area is 123 Å². The van der Waals surface area contributed by atoms with E-state index in [1.54, 1.807) is 0 Å². The molecule has 0 N–H and O–H groups in total. The average molecular weight is 287 g/mol. The van der Waals surface area contributed by atoms with E-state index in [0.717, 1.165) is 24.0 Å². The quantitative estimate of drug-likeness (QED) is 0.814. The number of hydrogen-bond acceptors (Lipinski definition) is 2. The van der Waals surface area contributed by atoms with Gasteiger partial charge in [-0.1, -0.05) is 55.3 Å². The van der Waals surface area contributed by atoms with Gasteiger partial charge in [-0.25, -0.2) is 0 Å². The first-order valence-electron chi connectivity index (χ1n) is 6.80. The molecule has 2 nitrogen and oxygen atoms in total. The van der Waals surface area contributed by atoms with Gasteiger partial charge in [0.25, 0.3) is 0 Å². The summed E-state index contributed by atoms with van der Waals surface area (Å²) in [4.78, 5) is 12.3. The second kappa shape index (κ2) is 5.29. The molecule has 1 atom stereocenters. The van der Waals surface area contributed by atoms with Gasteiger partial charge in [0.2, 0.25) is 5.78 Å². The van der Waals surface area contributed by atoms with E-state index in [9.17, 15) is 4.79 Å². The highest BCUT2D eigenvalue weighted by molar-refractivity contribution is 6.33. The van der Waals surface area contributed by atoms with Crippen LogP contribution in [-0.4, -0.2) is 11.9 Å². The van der Waals surface area contributed by atoms with Crippen LogP contribution in [0.2, 0.25) is 5.02 Å². The molecule has 2 aromatic carbocycles. The SMILES string of the molecule is CCCC1Oc2c(Cl)cc(-c3ccccc3)cc2C1=O. The molecule has 0 saturated heterocycles. The van der Waals surface area contributed by atoms with E-state index >= 15 is 0 Å². The molecule has 1 unspecified atom stereocenters. The fourth-order valence-corrected chi connectivity index (χ4v) is 2.78. The van der Waals surface area contributed by atoms with E-state index in [1.807, 2.05) is 49.4 Å². The highest BCUT2D eigenvalue weighted by atomic mass is 35.5. The van der Waals surface area contributed by atoms with Gasteiger partial charge in [-0.2, -0.15) is 0 Å². The van der Waals surface area contributed by atoms with Gasteiger partial charge in [0.05, 0.1) is 10.6 Å². The molecule has 3 heteroatoms. The number of fused-ring (bicyclic) bond motifs is 1. The Morgan fingerprint density at radius 3 is 2.60 bits per heavy atom. The molecule has 1 aliphatic heterocycles. The van der Waals surface area contributed by atoms with Gasteiger partial charge in [-0.15, -0.1) is 0 Å². The van der Waals surface area contributed by atoms with E-state index < -0.39 is 0 Å². The summed E-state index contributed by atoms with van der Waals surface area (Å²) in [6.45, 7) is 2.04. The van der Waals surface area contributed by atoms with Crippen LogP contribution in [0.5, 0.6) is 5.75 Å². The highest BCUT2D eigenvalue weighted by Gasteiger charge is 2.33. The molecule has 0 fully saturated rings. The summed E-state index contributed by atoms with van der Waals surface area (Å²) in [5.41, 5.74) is 2.60. The Hall–Kier alpha value is -1.80. The summed E-state index contributed by atoms with van der Waals surface area (Å²) in [6.07, 6.45) is 1.26. The lowest BCUT2D eigenvalue weighted by Crippen LogP contribution is -2.19. The van der Waals surface area contributed by atoms with Crippen molar-refractivity contribution < 1.29 is 9.53 Å². The van der Waals surface area contributed by atoms with E-state index in [2.05, 4.69) is 0 Å². The lowest BCUT2D eigenvalue weighted by Gasteiger charge is -2.08. The third-order valence-electron chi connectivity index (χ3n) is 3.52. The van der Waals surface area contributed by atoms with Crippen LogP contribution in [0.1, 0.15) is 30.1 Å². The molecule has 1 heterocycles. The monoisotopic (exact) mass is 286 g/mol. The summed E-state index contributed by atoms with van der Waals surface area (Å²) < 4.78 is 5.70. The molecule has 102 valence electrons. The Morgan fingerprint density at radius 1 is 1.15 bits per heavy atom. The van der Waals surface area contributed by atoms with Crippen LogP contribution in [0.15, 0.2) is 42.5 Å². The maximum Gasteiger partial charge on any atom is 0.207 e. The van der Waals surface area contributed by atoms with E-state index in [4.69, 9.17) is 16.3 Å². The first-order valence-corrected chi connectivity index (χ1v) is 7.18. The van der Waals surface area contributed by atoms with Crippen molar-refractivity contribution in [1.29, 1.82) is 0 Å². The Morgan fingerprint density at radius 2 is 1.90 bits per heavy atom. The molecule has 0 spiro atoms. The fourth-order valence-electron chi connectivity index (χ4n) is 2.51. The molecule has 0 amide bonds. The average Bonchev–Trinajstić information content (AvgIpc) is 2.78. The predicted octanol–water partition coefficient (Wildman–Crippen LogP) is 4.75. The van der Waals surface area contributed by atoms with Gasteiger partial charge in [-0.05, 0) is 29.7 Å². The third-order valence-corrected chi connectivity index (χ3v) is 3.80. The lowest BCUT2D eigenvalue weighted by molar-refractivity contribution is 0.0845. The van der Waals surface area contributed by atoms with Crippen molar-refractivity contribution in [3.63, 3.8) is 0 Å². The molecule has 20 heavy (non-hydrogen) atoms. The summed E-state index contributed by atoms with van der Waals surface area (Å²) in [6, 6.07) is 13.6. The number of halogens is 1. The topological polar surface area (TPSA) is 26.3 Å². The molecular weight excluding hydrogens is 272 g/mol. The number of rotatable bonds is 3. The molecule has 2 aromatic rings. The standard InChI is InChI=1S/C17H15ClO2/c1-2-6-15-16(19)13-9-12(10-14(18)17(13)20-15)11-7-4-3-5-8-11/h3-5,7-10,15H,2,6H2,1H3. The fraction of sp³-hybridized carbons (Fsp3) is 0.235. The second-order valence-corrected chi connectivity index (χ2v) is 5.37.